The van der Waals surface area contributed by atoms with Gasteiger partial charge in [-0.1, -0.05) is 0 Å². The summed E-state index contributed by atoms with van der Waals surface area (Å²) in [4.78, 5) is 19.6. The number of nitrogens with zero attached hydrogens (tertiary/aromatic N) is 6. The molecule has 27 heavy (non-hydrogen) atoms. The standard InChI is InChI=1S/C18H21N7OS/c1-11-10-19-17(27-11)20-18(26)24-7-5-12(6-8-24)16-22-21-15-9-13-3-2-4-14(13)23-25(15)16/h9-10,12H,2-8H2,1H3,(H,19,20,26). The molecular weight excluding hydrogens is 362 g/mol. The predicted octanol–water partition coefficient (Wildman–Crippen LogP) is 2.79. The van der Waals surface area contributed by atoms with E-state index in [9.17, 15) is 4.79 Å². The molecule has 140 valence electrons. The van der Waals surface area contributed by atoms with Crippen molar-refractivity contribution in [1.29, 1.82) is 0 Å². The summed E-state index contributed by atoms with van der Waals surface area (Å²) >= 11 is 1.49. The first-order valence-corrected chi connectivity index (χ1v) is 10.2. The lowest BCUT2D eigenvalue weighted by Gasteiger charge is -2.30. The van der Waals surface area contributed by atoms with E-state index in [0.717, 1.165) is 42.0 Å². The fourth-order valence-electron chi connectivity index (χ4n) is 3.97. The van der Waals surface area contributed by atoms with E-state index >= 15 is 0 Å². The molecule has 4 heterocycles. The molecule has 0 radical (unpaired) electrons. The molecule has 5 rings (SSSR count). The van der Waals surface area contributed by atoms with E-state index in [0.29, 0.717) is 18.2 Å². The highest BCUT2D eigenvalue weighted by molar-refractivity contribution is 7.15. The van der Waals surface area contributed by atoms with Gasteiger partial charge < -0.3 is 4.90 Å². The average Bonchev–Trinajstić information content (AvgIpc) is 3.39. The van der Waals surface area contributed by atoms with Crippen molar-refractivity contribution in [3.05, 3.63) is 34.2 Å². The maximum Gasteiger partial charge on any atom is 0.323 e. The number of thiazole rings is 1. The van der Waals surface area contributed by atoms with Crippen LogP contribution in [0.5, 0.6) is 0 Å². The number of anilines is 1. The van der Waals surface area contributed by atoms with Crippen molar-refractivity contribution < 1.29 is 4.79 Å². The minimum atomic E-state index is -0.0788. The molecule has 3 aromatic rings. The Morgan fingerprint density at radius 3 is 2.89 bits per heavy atom. The average molecular weight is 383 g/mol. The molecule has 1 aliphatic carbocycles. The van der Waals surface area contributed by atoms with Crippen LogP contribution in [-0.4, -0.2) is 48.8 Å². The number of aromatic nitrogens is 5. The highest BCUT2D eigenvalue weighted by Gasteiger charge is 2.28. The number of hydrogen-bond acceptors (Lipinski definition) is 6. The molecule has 0 atom stereocenters. The molecule has 0 aromatic carbocycles. The summed E-state index contributed by atoms with van der Waals surface area (Å²) in [5.74, 6) is 1.20. The number of amides is 2. The third-order valence-electron chi connectivity index (χ3n) is 5.43. The SMILES string of the molecule is Cc1cnc(NC(=O)N2CCC(c3nnc4cc5c(nn34)CCC5)CC2)s1. The number of hydrogen-bond donors (Lipinski definition) is 1. The Bertz CT molecular complexity index is 1000. The minimum absolute atomic E-state index is 0.0788. The highest BCUT2D eigenvalue weighted by Crippen LogP contribution is 2.29. The van der Waals surface area contributed by atoms with Crippen molar-refractivity contribution in [2.24, 2.45) is 0 Å². The molecule has 2 amide bonds. The van der Waals surface area contributed by atoms with E-state index in [1.165, 1.54) is 29.0 Å². The van der Waals surface area contributed by atoms with Gasteiger partial charge in [0.25, 0.3) is 0 Å². The number of piperidine rings is 1. The molecule has 0 spiro atoms. The first kappa shape index (κ1) is 16.6. The second-order valence-electron chi connectivity index (χ2n) is 7.27. The number of carbonyl (C=O) groups excluding carboxylic acids is 1. The van der Waals surface area contributed by atoms with Gasteiger partial charge in [0.15, 0.2) is 16.6 Å². The van der Waals surface area contributed by atoms with Gasteiger partial charge in [0.1, 0.15) is 0 Å². The molecule has 0 saturated carbocycles. The third-order valence-corrected chi connectivity index (χ3v) is 6.25. The lowest BCUT2D eigenvalue weighted by molar-refractivity contribution is 0.193. The van der Waals surface area contributed by atoms with Gasteiger partial charge in [-0.15, -0.1) is 21.5 Å². The van der Waals surface area contributed by atoms with Crippen LogP contribution in [0, 0.1) is 6.92 Å². The van der Waals surface area contributed by atoms with Crippen molar-refractivity contribution in [3.8, 4) is 0 Å². The van der Waals surface area contributed by atoms with E-state index < -0.39 is 0 Å². The Morgan fingerprint density at radius 1 is 1.26 bits per heavy atom. The van der Waals surface area contributed by atoms with Crippen LogP contribution in [0.1, 0.15) is 47.1 Å². The molecule has 8 nitrogen and oxygen atoms in total. The number of nitrogens with one attached hydrogen (secondary N) is 1. The molecule has 1 saturated heterocycles. The second-order valence-corrected chi connectivity index (χ2v) is 8.50. The minimum Gasteiger partial charge on any atom is -0.324 e. The summed E-state index contributed by atoms with van der Waals surface area (Å²) in [5.41, 5.74) is 3.33. The first-order chi connectivity index (χ1) is 13.2. The number of urea groups is 1. The molecule has 1 aliphatic heterocycles. The van der Waals surface area contributed by atoms with Crippen molar-refractivity contribution in [2.45, 2.75) is 44.9 Å². The van der Waals surface area contributed by atoms with Crippen molar-refractivity contribution in [2.75, 3.05) is 18.4 Å². The van der Waals surface area contributed by atoms with Crippen LogP contribution >= 0.6 is 11.3 Å². The van der Waals surface area contributed by atoms with E-state index in [4.69, 9.17) is 5.10 Å². The fraction of sp³-hybridized carbons (Fsp3) is 0.500. The van der Waals surface area contributed by atoms with E-state index in [1.54, 1.807) is 6.20 Å². The smallest absolute Gasteiger partial charge is 0.323 e. The quantitative estimate of drug-likeness (QED) is 0.735. The molecule has 9 heteroatoms. The fourth-order valence-corrected chi connectivity index (χ4v) is 4.63. The van der Waals surface area contributed by atoms with Gasteiger partial charge in [-0.2, -0.15) is 9.61 Å². The summed E-state index contributed by atoms with van der Waals surface area (Å²) in [6, 6.07) is 2.05. The van der Waals surface area contributed by atoms with Gasteiger partial charge in [0.2, 0.25) is 0 Å². The molecular formula is C18H21N7OS. The third kappa shape index (κ3) is 3.05. The molecule has 0 bridgehead atoms. The molecule has 3 aromatic heterocycles. The Labute approximate surface area is 160 Å². The van der Waals surface area contributed by atoms with Crippen LogP contribution in [0.2, 0.25) is 0 Å². The summed E-state index contributed by atoms with van der Waals surface area (Å²) in [5, 5.41) is 17.1. The van der Waals surface area contributed by atoms with Crippen molar-refractivity contribution in [3.63, 3.8) is 0 Å². The van der Waals surface area contributed by atoms with Crippen molar-refractivity contribution in [1.82, 2.24) is 29.7 Å². The zero-order valence-corrected chi connectivity index (χ0v) is 16.0. The van der Waals surface area contributed by atoms with Gasteiger partial charge in [0, 0.05) is 30.1 Å². The van der Waals surface area contributed by atoms with Crippen LogP contribution in [0.15, 0.2) is 12.3 Å². The van der Waals surface area contributed by atoms with Crippen LogP contribution in [0.4, 0.5) is 9.93 Å². The summed E-state index contributed by atoms with van der Waals surface area (Å²) < 4.78 is 1.92. The lowest BCUT2D eigenvalue weighted by Crippen LogP contribution is -2.40. The first-order valence-electron chi connectivity index (χ1n) is 9.40. The Morgan fingerprint density at radius 2 is 2.11 bits per heavy atom. The maximum atomic E-state index is 12.4. The highest BCUT2D eigenvalue weighted by atomic mass is 32.1. The predicted molar refractivity (Wildman–Crippen MR) is 102 cm³/mol. The monoisotopic (exact) mass is 383 g/mol. The van der Waals surface area contributed by atoms with E-state index in [-0.39, 0.29) is 11.9 Å². The Balaban J connectivity index is 1.28. The summed E-state index contributed by atoms with van der Waals surface area (Å²) in [7, 11) is 0. The van der Waals surface area contributed by atoms with Gasteiger partial charge in [-0.3, -0.25) is 5.32 Å². The normalized spacial score (nSPS) is 17.4. The zero-order chi connectivity index (χ0) is 18.4. The number of carbonyl (C=O) groups is 1. The Hall–Kier alpha value is -2.55. The number of likely N-dealkylation sites (tertiary alicyclic amines) is 1. The Kier molecular flexibility index (Phi) is 4.04. The zero-order valence-electron chi connectivity index (χ0n) is 15.2. The summed E-state index contributed by atoms with van der Waals surface area (Å²) in [6.45, 7) is 3.37. The van der Waals surface area contributed by atoms with Crippen molar-refractivity contribution >= 4 is 28.1 Å². The van der Waals surface area contributed by atoms with Gasteiger partial charge in [0.05, 0.1) is 5.69 Å². The molecule has 1 N–H and O–H groups in total. The van der Waals surface area contributed by atoms with Gasteiger partial charge >= 0.3 is 6.03 Å². The van der Waals surface area contributed by atoms with Crippen LogP contribution in [0.25, 0.3) is 5.65 Å². The molecule has 1 fully saturated rings. The van der Waals surface area contributed by atoms with Gasteiger partial charge in [-0.25, -0.2) is 9.78 Å². The number of rotatable bonds is 2. The summed E-state index contributed by atoms with van der Waals surface area (Å²) in [6.07, 6.45) is 6.80. The van der Waals surface area contributed by atoms with E-state index in [1.807, 2.05) is 16.3 Å². The van der Waals surface area contributed by atoms with Crippen LogP contribution in [-0.2, 0) is 12.8 Å². The maximum absolute atomic E-state index is 12.4. The molecule has 2 aliphatic rings. The van der Waals surface area contributed by atoms with E-state index in [2.05, 4.69) is 26.6 Å². The second kappa shape index (κ2) is 6.56. The van der Waals surface area contributed by atoms with Crippen LogP contribution < -0.4 is 5.32 Å². The molecule has 0 unspecified atom stereocenters. The largest absolute Gasteiger partial charge is 0.324 e. The topological polar surface area (TPSA) is 88.3 Å². The number of fused-ring (bicyclic) bond motifs is 2. The van der Waals surface area contributed by atoms with Crippen LogP contribution in [0.3, 0.4) is 0 Å². The number of aryl methyl sites for hydroxylation is 3. The lowest BCUT2D eigenvalue weighted by atomic mass is 9.96. The van der Waals surface area contributed by atoms with Gasteiger partial charge in [-0.05, 0) is 50.7 Å².